The number of ether oxygens (including phenoxy) is 1. The molecular formula is C15H29N3O2. The van der Waals surface area contributed by atoms with Gasteiger partial charge in [0.2, 0.25) is 0 Å². The number of nitrogens with one attached hydrogen (secondary N) is 2. The molecule has 1 aliphatic heterocycles. The maximum absolute atomic E-state index is 11.5. The summed E-state index contributed by atoms with van der Waals surface area (Å²) in [5, 5.41) is 6.54. The van der Waals surface area contributed by atoms with E-state index in [0.29, 0.717) is 6.42 Å². The number of hydrogen-bond acceptors (Lipinski definition) is 5. The van der Waals surface area contributed by atoms with Crippen molar-refractivity contribution in [3.05, 3.63) is 0 Å². The molecule has 0 saturated heterocycles. The van der Waals surface area contributed by atoms with Crippen molar-refractivity contribution < 1.29 is 9.53 Å². The Kier molecular flexibility index (Phi) is 7.41. The van der Waals surface area contributed by atoms with E-state index >= 15 is 0 Å². The second kappa shape index (κ2) is 8.82. The standard InChI is InChI=1S/C15H29N3O2/c1-15(2,3)20-13(19)9-6-4-5-7-10-16-14-17-11-8-12-18-14/h4-12H2,1-3H3,(H2,16,17,18). The molecule has 1 rings (SSSR count). The van der Waals surface area contributed by atoms with E-state index in [2.05, 4.69) is 15.6 Å². The predicted octanol–water partition coefficient (Wildman–Crippen LogP) is 2.22. The Labute approximate surface area is 122 Å². The highest BCUT2D eigenvalue weighted by Gasteiger charge is 2.15. The zero-order chi connectivity index (χ0) is 14.8. The molecule has 5 heteroatoms. The topological polar surface area (TPSA) is 62.7 Å². The molecule has 20 heavy (non-hydrogen) atoms. The summed E-state index contributed by atoms with van der Waals surface area (Å²) in [6, 6.07) is 0. The summed E-state index contributed by atoms with van der Waals surface area (Å²) >= 11 is 0. The molecule has 0 aliphatic carbocycles. The lowest BCUT2D eigenvalue weighted by Gasteiger charge is -2.19. The lowest BCUT2D eigenvalue weighted by atomic mass is 10.1. The normalized spacial score (nSPS) is 15.2. The van der Waals surface area contributed by atoms with Crippen molar-refractivity contribution in [3.8, 4) is 0 Å². The smallest absolute Gasteiger partial charge is 0.306 e. The van der Waals surface area contributed by atoms with Crippen molar-refractivity contribution in [1.82, 2.24) is 10.6 Å². The molecule has 1 aliphatic rings. The molecule has 0 saturated carbocycles. The fourth-order valence-corrected chi connectivity index (χ4v) is 2.00. The summed E-state index contributed by atoms with van der Waals surface area (Å²) in [5.74, 6) is 0.849. The third kappa shape index (κ3) is 8.77. The van der Waals surface area contributed by atoms with Gasteiger partial charge < -0.3 is 15.4 Å². The zero-order valence-corrected chi connectivity index (χ0v) is 13.1. The first-order valence-corrected chi connectivity index (χ1v) is 7.71. The lowest BCUT2D eigenvalue weighted by molar-refractivity contribution is -0.154. The average Bonchev–Trinajstić information content (AvgIpc) is 2.37. The van der Waals surface area contributed by atoms with Gasteiger partial charge in [0.25, 0.3) is 0 Å². The first kappa shape index (κ1) is 16.8. The molecular weight excluding hydrogens is 254 g/mol. The summed E-state index contributed by atoms with van der Waals surface area (Å²) in [7, 11) is 0. The van der Waals surface area contributed by atoms with Gasteiger partial charge in [0.1, 0.15) is 5.60 Å². The largest absolute Gasteiger partial charge is 0.460 e. The molecule has 0 radical (unpaired) electrons. The van der Waals surface area contributed by atoms with Crippen molar-refractivity contribution in [1.29, 1.82) is 0 Å². The van der Waals surface area contributed by atoms with Gasteiger partial charge >= 0.3 is 5.97 Å². The second-order valence-electron chi connectivity index (χ2n) is 6.19. The van der Waals surface area contributed by atoms with Crippen LogP contribution in [-0.4, -0.2) is 37.2 Å². The van der Waals surface area contributed by atoms with E-state index in [1.54, 1.807) is 0 Å². The zero-order valence-electron chi connectivity index (χ0n) is 13.1. The quantitative estimate of drug-likeness (QED) is 0.555. The third-order valence-electron chi connectivity index (χ3n) is 2.92. The maximum Gasteiger partial charge on any atom is 0.306 e. The molecule has 0 spiro atoms. The number of nitrogens with zero attached hydrogens (tertiary/aromatic N) is 1. The van der Waals surface area contributed by atoms with Crippen LogP contribution >= 0.6 is 0 Å². The fraction of sp³-hybridized carbons (Fsp3) is 0.867. The van der Waals surface area contributed by atoms with Crippen molar-refractivity contribution in [3.63, 3.8) is 0 Å². The Hall–Kier alpha value is -1.26. The number of carbonyl (C=O) groups excluding carboxylic acids is 1. The lowest BCUT2D eigenvalue weighted by Crippen LogP contribution is -2.41. The van der Waals surface area contributed by atoms with Crippen LogP contribution < -0.4 is 10.6 Å². The van der Waals surface area contributed by atoms with Crippen LogP contribution in [0.1, 0.15) is 59.3 Å². The van der Waals surface area contributed by atoms with E-state index in [1.807, 2.05) is 20.8 Å². The Morgan fingerprint density at radius 2 is 2.05 bits per heavy atom. The van der Waals surface area contributed by atoms with E-state index in [-0.39, 0.29) is 11.6 Å². The van der Waals surface area contributed by atoms with Gasteiger partial charge in [-0.3, -0.25) is 9.79 Å². The minimum Gasteiger partial charge on any atom is -0.460 e. The highest BCUT2D eigenvalue weighted by Crippen LogP contribution is 2.10. The Morgan fingerprint density at radius 1 is 1.30 bits per heavy atom. The molecule has 0 bridgehead atoms. The highest BCUT2D eigenvalue weighted by molar-refractivity contribution is 5.80. The third-order valence-corrected chi connectivity index (χ3v) is 2.92. The molecule has 2 N–H and O–H groups in total. The minimum absolute atomic E-state index is 0.0867. The van der Waals surface area contributed by atoms with Gasteiger partial charge in [-0.05, 0) is 40.0 Å². The minimum atomic E-state index is -0.366. The van der Waals surface area contributed by atoms with Crippen LogP contribution in [0.2, 0.25) is 0 Å². The van der Waals surface area contributed by atoms with Crippen LogP contribution in [0.3, 0.4) is 0 Å². The molecule has 0 aromatic rings. The van der Waals surface area contributed by atoms with Gasteiger partial charge in [0, 0.05) is 26.1 Å². The van der Waals surface area contributed by atoms with Crippen LogP contribution in [-0.2, 0) is 9.53 Å². The molecule has 0 aromatic carbocycles. The van der Waals surface area contributed by atoms with Gasteiger partial charge in [-0.15, -0.1) is 0 Å². The van der Waals surface area contributed by atoms with Gasteiger partial charge in [-0.25, -0.2) is 0 Å². The SMILES string of the molecule is CC(C)(C)OC(=O)CCCCCCNC1=NCCCN1. The number of unbranched alkanes of at least 4 members (excludes halogenated alkanes) is 3. The first-order valence-electron chi connectivity index (χ1n) is 7.71. The molecule has 0 amide bonds. The maximum atomic E-state index is 11.5. The Bertz CT molecular complexity index is 322. The molecule has 116 valence electrons. The summed E-state index contributed by atoms with van der Waals surface area (Å²) in [5.41, 5.74) is -0.366. The number of carbonyl (C=O) groups is 1. The van der Waals surface area contributed by atoms with Crippen LogP contribution in [0.4, 0.5) is 0 Å². The highest BCUT2D eigenvalue weighted by atomic mass is 16.6. The van der Waals surface area contributed by atoms with E-state index in [4.69, 9.17) is 4.74 Å². The van der Waals surface area contributed by atoms with Gasteiger partial charge in [-0.2, -0.15) is 0 Å². The van der Waals surface area contributed by atoms with Crippen molar-refractivity contribution in [2.75, 3.05) is 19.6 Å². The number of esters is 1. The van der Waals surface area contributed by atoms with E-state index in [0.717, 1.165) is 57.7 Å². The molecule has 5 nitrogen and oxygen atoms in total. The first-order chi connectivity index (χ1) is 9.47. The van der Waals surface area contributed by atoms with Gasteiger partial charge in [0.05, 0.1) is 0 Å². The van der Waals surface area contributed by atoms with E-state index in [1.165, 1.54) is 0 Å². The van der Waals surface area contributed by atoms with Crippen molar-refractivity contribution in [2.45, 2.75) is 64.9 Å². The number of aliphatic imine (C=N–C) groups is 1. The fourth-order valence-electron chi connectivity index (χ4n) is 2.00. The average molecular weight is 283 g/mol. The Balaban J connectivity index is 1.92. The van der Waals surface area contributed by atoms with Crippen molar-refractivity contribution >= 4 is 11.9 Å². The van der Waals surface area contributed by atoms with Crippen LogP contribution in [0.15, 0.2) is 4.99 Å². The summed E-state index contributed by atoms with van der Waals surface area (Å²) in [6.07, 6.45) is 5.86. The second-order valence-corrected chi connectivity index (χ2v) is 6.19. The molecule has 0 unspecified atom stereocenters. The molecule has 1 heterocycles. The number of hydrogen-bond donors (Lipinski definition) is 2. The van der Waals surface area contributed by atoms with E-state index in [9.17, 15) is 4.79 Å². The molecule has 0 atom stereocenters. The summed E-state index contributed by atoms with van der Waals surface area (Å²) in [6.45, 7) is 8.58. The van der Waals surface area contributed by atoms with Gasteiger partial charge in [-0.1, -0.05) is 12.8 Å². The predicted molar refractivity (Wildman–Crippen MR) is 81.9 cm³/mol. The summed E-state index contributed by atoms with van der Waals surface area (Å²) in [4.78, 5) is 15.8. The number of rotatable bonds is 7. The summed E-state index contributed by atoms with van der Waals surface area (Å²) < 4.78 is 5.27. The van der Waals surface area contributed by atoms with E-state index < -0.39 is 0 Å². The number of guanidine groups is 1. The molecule has 0 aromatic heterocycles. The molecule has 0 fully saturated rings. The monoisotopic (exact) mass is 283 g/mol. The van der Waals surface area contributed by atoms with Crippen LogP contribution in [0.25, 0.3) is 0 Å². The Morgan fingerprint density at radius 3 is 2.70 bits per heavy atom. The van der Waals surface area contributed by atoms with Crippen molar-refractivity contribution in [2.24, 2.45) is 4.99 Å². The van der Waals surface area contributed by atoms with Gasteiger partial charge in [0.15, 0.2) is 5.96 Å². The van der Waals surface area contributed by atoms with Crippen LogP contribution in [0.5, 0.6) is 0 Å². The van der Waals surface area contributed by atoms with Crippen LogP contribution in [0, 0.1) is 0 Å².